The summed E-state index contributed by atoms with van der Waals surface area (Å²) in [5.74, 6) is 1.13. The van der Waals surface area contributed by atoms with Gasteiger partial charge in [-0.1, -0.05) is 76.6 Å². The lowest BCUT2D eigenvalue weighted by Crippen LogP contribution is -2.32. The largest absolute Gasteiger partial charge is 0.459 e. The number of ether oxygens (including phenoxy) is 1. The van der Waals surface area contributed by atoms with E-state index < -0.39 is 6.04 Å². The van der Waals surface area contributed by atoms with E-state index in [4.69, 9.17) is 14.8 Å². The second-order valence-corrected chi connectivity index (χ2v) is 10.6. The molecule has 1 atom stereocenters. The van der Waals surface area contributed by atoms with E-state index in [1.54, 1.807) is 11.8 Å². The van der Waals surface area contributed by atoms with Crippen molar-refractivity contribution in [3.8, 4) is 0 Å². The lowest BCUT2D eigenvalue weighted by Gasteiger charge is -2.30. The lowest BCUT2D eigenvalue weighted by atomic mass is 9.95. The van der Waals surface area contributed by atoms with Gasteiger partial charge in [0, 0.05) is 15.9 Å². The molecule has 0 spiro atoms. The van der Waals surface area contributed by atoms with Gasteiger partial charge < -0.3 is 10.1 Å². The van der Waals surface area contributed by atoms with Gasteiger partial charge in [-0.3, -0.25) is 0 Å². The Morgan fingerprint density at radius 2 is 1.94 bits per heavy atom. The van der Waals surface area contributed by atoms with Gasteiger partial charge in [0.2, 0.25) is 11.1 Å². The normalized spacial score (nSPS) is 18.4. The number of thioether (sulfide) groups is 1. The zero-order valence-electron chi connectivity index (χ0n) is 19.0. The Labute approximate surface area is 212 Å². The molecule has 1 N–H and O–H groups in total. The molecule has 1 saturated carbocycles. The van der Waals surface area contributed by atoms with Crippen molar-refractivity contribution >= 4 is 39.6 Å². The third kappa shape index (κ3) is 5.08. The number of benzene rings is 2. The Bertz CT molecular complexity index is 1200. The third-order valence-corrected chi connectivity index (χ3v) is 7.66. The number of nitrogens with one attached hydrogen (secondary N) is 1. The first-order valence-electron chi connectivity index (χ1n) is 11.7. The molecule has 0 amide bonds. The molecule has 2 aromatic carbocycles. The van der Waals surface area contributed by atoms with Crippen LogP contribution in [0.4, 0.5) is 5.95 Å². The highest BCUT2D eigenvalue weighted by Gasteiger charge is 2.36. The summed E-state index contributed by atoms with van der Waals surface area (Å²) in [5.41, 5.74) is 3.50. The first-order valence-corrected chi connectivity index (χ1v) is 13.4. The number of anilines is 1. The molecule has 1 unspecified atom stereocenters. The van der Waals surface area contributed by atoms with E-state index >= 15 is 0 Å². The van der Waals surface area contributed by atoms with E-state index in [-0.39, 0.29) is 12.1 Å². The van der Waals surface area contributed by atoms with Gasteiger partial charge in [0.15, 0.2) is 0 Å². The van der Waals surface area contributed by atoms with Gasteiger partial charge in [0.25, 0.3) is 0 Å². The molecule has 34 heavy (non-hydrogen) atoms. The van der Waals surface area contributed by atoms with Crippen LogP contribution in [-0.2, 0) is 15.3 Å². The number of aromatic nitrogens is 3. The second kappa shape index (κ2) is 10.4. The molecule has 0 radical (unpaired) electrons. The minimum Gasteiger partial charge on any atom is -0.459 e. The van der Waals surface area contributed by atoms with E-state index in [0.29, 0.717) is 16.7 Å². The zero-order valence-corrected chi connectivity index (χ0v) is 21.4. The number of halogens is 1. The molecule has 8 heteroatoms. The molecule has 6 nitrogen and oxygen atoms in total. The van der Waals surface area contributed by atoms with Gasteiger partial charge in [-0.25, -0.2) is 9.48 Å². The SMILES string of the molecule is CC1=C(C(=O)OC2CCCCC2)C(c2cccc(Br)c2)n2nc(SCc3ccccc3)nc2N1. The predicted molar refractivity (Wildman–Crippen MR) is 138 cm³/mol. The quantitative estimate of drug-likeness (QED) is 0.285. The molecular weight excluding hydrogens is 512 g/mol. The second-order valence-electron chi connectivity index (χ2n) is 8.72. The summed E-state index contributed by atoms with van der Waals surface area (Å²) in [6.45, 7) is 1.91. The maximum absolute atomic E-state index is 13.5. The van der Waals surface area contributed by atoms with Crippen molar-refractivity contribution in [1.82, 2.24) is 14.8 Å². The standard InChI is InChI=1S/C26H27BrN4O2S/c1-17-22(24(32)33-21-13-6-3-7-14-21)23(19-11-8-12-20(27)15-19)31-25(28-17)29-26(30-31)34-16-18-9-4-2-5-10-18/h2,4-5,8-12,15,21,23H,3,6-7,13-14,16H2,1H3,(H,28,29,30). The van der Waals surface area contributed by atoms with Crippen LogP contribution in [0.2, 0.25) is 0 Å². The van der Waals surface area contributed by atoms with Gasteiger partial charge in [-0.15, -0.1) is 5.10 Å². The van der Waals surface area contributed by atoms with Crippen LogP contribution in [-0.4, -0.2) is 26.8 Å². The molecule has 0 bridgehead atoms. The lowest BCUT2D eigenvalue weighted by molar-refractivity contribution is -0.146. The molecule has 176 valence electrons. The van der Waals surface area contributed by atoms with E-state index in [0.717, 1.165) is 47.2 Å². The Balaban J connectivity index is 1.46. The van der Waals surface area contributed by atoms with Crippen LogP contribution in [0, 0.1) is 0 Å². The Morgan fingerprint density at radius 1 is 1.15 bits per heavy atom. The van der Waals surface area contributed by atoms with Crippen molar-refractivity contribution in [2.75, 3.05) is 5.32 Å². The van der Waals surface area contributed by atoms with Crippen LogP contribution >= 0.6 is 27.7 Å². The summed E-state index contributed by atoms with van der Waals surface area (Å²) in [4.78, 5) is 18.2. The number of carbonyl (C=O) groups excluding carboxylic acids is 1. The molecule has 0 saturated heterocycles. The topological polar surface area (TPSA) is 69.0 Å². The first kappa shape index (κ1) is 23.2. The minimum atomic E-state index is -0.414. The smallest absolute Gasteiger partial charge is 0.338 e. The van der Waals surface area contributed by atoms with Crippen molar-refractivity contribution < 1.29 is 9.53 Å². The monoisotopic (exact) mass is 538 g/mol. The van der Waals surface area contributed by atoms with Crippen LogP contribution in [0.25, 0.3) is 0 Å². The molecule has 2 heterocycles. The van der Waals surface area contributed by atoms with E-state index in [1.807, 2.05) is 54.1 Å². The fourth-order valence-electron chi connectivity index (χ4n) is 4.56. The first-order chi connectivity index (χ1) is 16.6. The minimum absolute atomic E-state index is 0.0150. The van der Waals surface area contributed by atoms with E-state index in [1.165, 1.54) is 12.0 Å². The molecular formula is C26H27BrN4O2S. The molecule has 1 aromatic heterocycles. The number of fused-ring (bicyclic) bond motifs is 1. The molecule has 1 fully saturated rings. The molecule has 5 rings (SSSR count). The van der Waals surface area contributed by atoms with Gasteiger partial charge in [0.05, 0.1) is 5.57 Å². The summed E-state index contributed by atoms with van der Waals surface area (Å²) < 4.78 is 8.76. The number of carbonyl (C=O) groups is 1. The van der Waals surface area contributed by atoms with Crippen molar-refractivity contribution in [1.29, 1.82) is 0 Å². The van der Waals surface area contributed by atoms with Crippen LogP contribution in [0.15, 0.2) is 75.5 Å². The van der Waals surface area contributed by atoms with Crippen LogP contribution < -0.4 is 5.32 Å². The van der Waals surface area contributed by atoms with Gasteiger partial charge in [0.1, 0.15) is 12.1 Å². The maximum Gasteiger partial charge on any atom is 0.338 e. The average molecular weight is 539 g/mol. The summed E-state index contributed by atoms with van der Waals surface area (Å²) in [6, 6.07) is 17.8. The van der Waals surface area contributed by atoms with Gasteiger partial charge >= 0.3 is 5.97 Å². The van der Waals surface area contributed by atoms with Crippen molar-refractivity contribution in [2.45, 2.75) is 62.1 Å². The number of allylic oxidation sites excluding steroid dienone is 1. The predicted octanol–water partition coefficient (Wildman–Crippen LogP) is 6.50. The van der Waals surface area contributed by atoms with E-state index in [9.17, 15) is 4.79 Å². The number of esters is 1. The number of rotatable bonds is 6. The zero-order chi connectivity index (χ0) is 23.5. The van der Waals surface area contributed by atoms with Gasteiger partial charge in [-0.2, -0.15) is 4.98 Å². The van der Waals surface area contributed by atoms with Gasteiger partial charge in [-0.05, 0) is 55.9 Å². The number of hydrogen-bond donors (Lipinski definition) is 1. The Kier molecular flexibility index (Phi) is 7.06. The summed E-state index contributed by atoms with van der Waals surface area (Å²) in [7, 11) is 0. The average Bonchev–Trinajstić information content (AvgIpc) is 3.25. The summed E-state index contributed by atoms with van der Waals surface area (Å²) >= 11 is 5.16. The molecule has 1 aliphatic carbocycles. The highest BCUT2D eigenvalue weighted by Crippen LogP contribution is 2.38. The van der Waals surface area contributed by atoms with Crippen LogP contribution in [0.1, 0.15) is 56.2 Å². The Hall–Kier alpha value is -2.58. The molecule has 1 aliphatic heterocycles. The summed E-state index contributed by atoms with van der Waals surface area (Å²) in [6.07, 6.45) is 5.28. The fourth-order valence-corrected chi connectivity index (χ4v) is 5.76. The maximum atomic E-state index is 13.5. The van der Waals surface area contributed by atoms with Crippen molar-refractivity contribution in [3.63, 3.8) is 0 Å². The highest BCUT2D eigenvalue weighted by molar-refractivity contribution is 9.10. The third-order valence-electron chi connectivity index (χ3n) is 6.25. The van der Waals surface area contributed by atoms with Crippen LogP contribution in [0.3, 0.4) is 0 Å². The summed E-state index contributed by atoms with van der Waals surface area (Å²) in [5, 5.41) is 8.79. The molecule has 3 aromatic rings. The van der Waals surface area contributed by atoms with Crippen LogP contribution in [0.5, 0.6) is 0 Å². The van der Waals surface area contributed by atoms with E-state index in [2.05, 4.69) is 33.4 Å². The Morgan fingerprint density at radius 3 is 2.71 bits per heavy atom. The number of nitrogens with zero attached hydrogens (tertiary/aromatic N) is 3. The molecule has 2 aliphatic rings. The van der Waals surface area contributed by atoms with Crippen molar-refractivity contribution in [2.24, 2.45) is 0 Å². The highest BCUT2D eigenvalue weighted by atomic mass is 79.9. The fraction of sp³-hybridized carbons (Fsp3) is 0.346. The number of hydrogen-bond acceptors (Lipinski definition) is 6. The van der Waals surface area contributed by atoms with Crippen molar-refractivity contribution in [3.05, 3.63) is 81.5 Å².